The van der Waals surface area contributed by atoms with Crippen molar-refractivity contribution in [1.29, 1.82) is 0 Å². The number of para-hydroxylation sites is 2. The summed E-state index contributed by atoms with van der Waals surface area (Å²) in [7, 11) is 1.57. The average Bonchev–Trinajstić information content (AvgIpc) is 3.19. The highest BCUT2D eigenvalue weighted by molar-refractivity contribution is 5.92. The fourth-order valence-corrected chi connectivity index (χ4v) is 4.38. The van der Waals surface area contributed by atoms with Gasteiger partial charge in [0, 0.05) is 51.9 Å². The molecule has 180 valence electrons. The summed E-state index contributed by atoms with van der Waals surface area (Å²) in [5.74, 6) is -0.273. The number of piperidine rings is 1. The quantitative estimate of drug-likeness (QED) is 0.541. The monoisotopic (exact) mass is 466 g/mol. The fraction of sp³-hybridized carbons (Fsp3) is 0.458. The zero-order valence-corrected chi connectivity index (χ0v) is 19.6. The Hall–Kier alpha value is -3.53. The van der Waals surface area contributed by atoms with Crippen LogP contribution in [0.15, 0.2) is 41.5 Å². The van der Waals surface area contributed by atoms with E-state index in [4.69, 9.17) is 4.74 Å². The van der Waals surface area contributed by atoms with Crippen molar-refractivity contribution < 1.29 is 14.3 Å². The van der Waals surface area contributed by atoms with Crippen LogP contribution in [0.4, 0.5) is 0 Å². The van der Waals surface area contributed by atoms with E-state index in [-0.39, 0.29) is 42.2 Å². The van der Waals surface area contributed by atoms with E-state index in [1.165, 1.54) is 6.20 Å². The maximum Gasteiger partial charge on any atom is 0.326 e. The maximum atomic E-state index is 12.9. The largest absolute Gasteiger partial charge is 0.383 e. The molecule has 0 atom stereocenters. The number of benzene rings is 1. The van der Waals surface area contributed by atoms with Gasteiger partial charge >= 0.3 is 5.69 Å². The zero-order chi connectivity index (χ0) is 24.1. The number of methoxy groups -OCH3 is 1. The van der Waals surface area contributed by atoms with Gasteiger partial charge in [-0.2, -0.15) is 0 Å². The van der Waals surface area contributed by atoms with Crippen molar-refractivity contribution in [1.82, 2.24) is 29.3 Å². The molecule has 0 aliphatic carbocycles. The molecule has 0 bridgehead atoms. The van der Waals surface area contributed by atoms with Crippen LogP contribution in [0.25, 0.3) is 11.0 Å². The molecule has 10 heteroatoms. The Labute approximate surface area is 197 Å². The third-order valence-corrected chi connectivity index (χ3v) is 6.25. The molecular formula is C24H30N6O4. The summed E-state index contributed by atoms with van der Waals surface area (Å²) < 4.78 is 6.94. The molecule has 0 radical (unpaired) electrons. The molecule has 1 aromatic carbocycles. The lowest BCUT2D eigenvalue weighted by atomic mass is 10.0. The molecule has 1 saturated heterocycles. The van der Waals surface area contributed by atoms with Crippen LogP contribution in [-0.2, 0) is 9.53 Å². The number of hydrogen-bond donors (Lipinski definition) is 1. The van der Waals surface area contributed by atoms with Crippen molar-refractivity contribution >= 4 is 22.8 Å². The first kappa shape index (κ1) is 23.6. The number of hydrogen-bond acceptors (Lipinski definition) is 6. The van der Waals surface area contributed by atoms with Crippen molar-refractivity contribution in [3.05, 3.63) is 58.5 Å². The number of nitrogens with one attached hydrogen (secondary N) is 1. The number of likely N-dealkylation sites (tertiary alicyclic amines) is 1. The minimum atomic E-state index is -0.269. The number of H-pyrrole nitrogens is 1. The summed E-state index contributed by atoms with van der Waals surface area (Å²) in [6, 6.07) is 7.70. The Balaban J connectivity index is 1.35. The van der Waals surface area contributed by atoms with Crippen molar-refractivity contribution in [2.75, 3.05) is 39.9 Å². The van der Waals surface area contributed by atoms with Crippen molar-refractivity contribution in [2.24, 2.45) is 0 Å². The predicted molar refractivity (Wildman–Crippen MR) is 127 cm³/mol. The van der Waals surface area contributed by atoms with Gasteiger partial charge in [0.1, 0.15) is 5.69 Å². The number of nitrogens with zero attached hydrogens (tertiary/aromatic N) is 5. The van der Waals surface area contributed by atoms with Gasteiger partial charge < -0.3 is 19.5 Å². The van der Waals surface area contributed by atoms with E-state index < -0.39 is 0 Å². The number of carbonyl (C=O) groups excluding carboxylic acids is 2. The lowest BCUT2D eigenvalue weighted by molar-refractivity contribution is -0.132. The standard InChI is InChI=1S/C24H30N6O4/c1-17-15-26-20(16-25-17)23(32)29(13-14-34-2)12-9-22(31)28-10-7-18(8-11-28)30-21-6-4-3-5-19(21)27-24(30)33/h3-6,15-16,18H,7-14H2,1-2H3,(H,27,33). The minimum absolute atomic E-state index is 0.00469. The molecular weight excluding hydrogens is 436 g/mol. The maximum absolute atomic E-state index is 12.9. The summed E-state index contributed by atoms with van der Waals surface area (Å²) >= 11 is 0. The summed E-state index contributed by atoms with van der Waals surface area (Å²) in [5.41, 5.74) is 2.58. The minimum Gasteiger partial charge on any atom is -0.383 e. The summed E-state index contributed by atoms with van der Waals surface area (Å²) in [6.45, 7) is 3.96. The molecule has 4 rings (SSSR count). The molecule has 1 N–H and O–H groups in total. The Morgan fingerprint density at radius 2 is 1.91 bits per heavy atom. The van der Waals surface area contributed by atoms with Crippen LogP contribution in [0, 0.1) is 6.92 Å². The number of aromatic amines is 1. The first-order chi connectivity index (χ1) is 16.5. The van der Waals surface area contributed by atoms with Gasteiger partial charge in [-0.25, -0.2) is 9.78 Å². The van der Waals surface area contributed by atoms with E-state index in [0.717, 1.165) is 16.7 Å². The first-order valence-electron chi connectivity index (χ1n) is 11.5. The molecule has 0 spiro atoms. The van der Waals surface area contributed by atoms with E-state index in [1.54, 1.807) is 25.1 Å². The highest BCUT2D eigenvalue weighted by Gasteiger charge is 2.27. The van der Waals surface area contributed by atoms with Gasteiger partial charge in [-0.3, -0.25) is 19.1 Å². The van der Waals surface area contributed by atoms with Crippen LogP contribution >= 0.6 is 0 Å². The number of amides is 2. The Morgan fingerprint density at radius 3 is 2.62 bits per heavy atom. The number of imidazole rings is 1. The van der Waals surface area contributed by atoms with Crippen LogP contribution in [-0.4, -0.2) is 81.0 Å². The van der Waals surface area contributed by atoms with Gasteiger partial charge in [0.05, 0.1) is 29.5 Å². The molecule has 10 nitrogen and oxygen atoms in total. The molecule has 1 fully saturated rings. The highest BCUT2D eigenvalue weighted by atomic mass is 16.5. The molecule has 2 aromatic heterocycles. The SMILES string of the molecule is COCCN(CCC(=O)N1CCC(n2c(=O)[nH]c3ccccc32)CC1)C(=O)c1cnc(C)cn1. The third kappa shape index (κ3) is 5.17. The van der Waals surface area contributed by atoms with Gasteiger partial charge in [-0.15, -0.1) is 0 Å². The third-order valence-electron chi connectivity index (χ3n) is 6.25. The topological polar surface area (TPSA) is 113 Å². The van der Waals surface area contributed by atoms with Crippen molar-refractivity contribution in [3.63, 3.8) is 0 Å². The van der Waals surface area contributed by atoms with Gasteiger partial charge in [0.25, 0.3) is 5.91 Å². The number of ether oxygens (including phenoxy) is 1. The lowest BCUT2D eigenvalue weighted by Crippen LogP contribution is -2.42. The molecule has 0 saturated carbocycles. The molecule has 3 aromatic rings. The van der Waals surface area contributed by atoms with Crippen LogP contribution < -0.4 is 5.69 Å². The van der Waals surface area contributed by atoms with Gasteiger partial charge in [-0.05, 0) is 31.9 Å². The average molecular weight is 467 g/mol. The second-order valence-electron chi connectivity index (χ2n) is 8.51. The molecule has 1 aliphatic heterocycles. The smallest absolute Gasteiger partial charge is 0.326 e. The molecule has 0 unspecified atom stereocenters. The fourth-order valence-electron chi connectivity index (χ4n) is 4.38. The number of carbonyl (C=O) groups is 2. The van der Waals surface area contributed by atoms with E-state index in [0.29, 0.717) is 39.1 Å². The van der Waals surface area contributed by atoms with E-state index in [9.17, 15) is 14.4 Å². The van der Waals surface area contributed by atoms with E-state index in [1.807, 2.05) is 33.7 Å². The van der Waals surface area contributed by atoms with Crippen LogP contribution in [0.3, 0.4) is 0 Å². The normalized spacial score (nSPS) is 14.5. The van der Waals surface area contributed by atoms with Gasteiger partial charge in [0.2, 0.25) is 5.91 Å². The first-order valence-corrected chi connectivity index (χ1v) is 11.5. The van der Waals surface area contributed by atoms with Gasteiger partial charge in [-0.1, -0.05) is 12.1 Å². The number of aromatic nitrogens is 4. The predicted octanol–water partition coefficient (Wildman–Crippen LogP) is 1.77. The molecule has 3 heterocycles. The van der Waals surface area contributed by atoms with E-state index >= 15 is 0 Å². The highest BCUT2D eigenvalue weighted by Crippen LogP contribution is 2.25. The molecule has 2 amide bonds. The second kappa shape index (κ2) is 10.6. The number of rotatable bonds is 8. The van der Waals surface area contributed by atoms with Crippen LogP contribution in [0.2, 0.25) is 0 Å². The zero-order valence-electron chi connectivity index (χ0n) is 19.6. The lowest BCUT2D eigenvalue weighted by Gasteiger charge is -2.33. The van der Waals surface area contributed by atoms with Crippen LogP contribution in [0.1, 0.15) is 41.5 Å². The van der Waals surface area contributed by atoms with Gasteiger partial charge in [0.15, 0.2) is 0 Å². The summed E-state index contributed by atoms with van der Waals surface area (Å²) in [5, 5.41) is 0. The molecule has 1 aliphatic rings. The molecule has 34 heavy (non-hydrogen) atoms. The van der Waals surface area contributed by atoms with E-state index in [2.05, 4.69) is 15.0 Å². The Bertz CT molecular complexity index is 1190. The van der Waals surface area contributed by atoms with Crippen LogP contribution in [0.5, 0.6) is 0 Å². The van der Waals surface area contributed by atoms with Crippen molar-refractivity contribution in [2.45, 2.75) is 32.2 Å². The van der Waals surface area contributed by atoms with Crippen molar-refractivity contribution in [3.8, 4) is 0 Å². The Morgan fingerprint density at radius 1 is 1.15 bits per heavy atom. The summed E-state index contributed by atoms with van der Waals surface area (Å²) in [4.78, 5) is 52.9. The Kier molecular flexibility index (Phi) is 7.36. The second-order valence-corrected chi connectivity index (χ2v) is 8.51. The summed E-state index contributed by atoms with van der Waals surface area (Å²) in [6.07, 6.45) is 4.64. The number of fused-ring (bicyclic) bond motifs is 1. The number of aryl methyl sites for hydroxylation is 1.